The van der Waals surface area contributed by atoms with Crippen LogP contribution in [-0.4, -0.2) is 22.4 Å². The van der Waals surface area contributed by atoms with Gasteiger partial charge in [0.1, 0.15) is 6.20 Å². The molecule has 2 rings (SSSR count). The Hall–Kier alpha value is -2.09. The maximum absolute atomic E-state index is 11.9. The number of ether oxygens (including phenoxy) is 1. The van der Waals surface area contributed by atoms with E-state index in [2.05, 4.69) is 10.3 Å². The van der Waals surface area contributed by atoms with E-state index >= 15 is 0 Å². The van der Waals surface area contributed by atoms with Gasteiger partial charge in [-0.1, -0.05) is 34.8 Å². The SMILES string of the molecule is O=C(COc1cccnc1[N+](=O)[O-])Nc1cc(Cl)c(Cl)cc1Cl. The molecule has 10 heteroatoms. The molecule has 2 aromatic rings. The van der Waals surface area contributed by atoms with Gasteiger partial charge in [0.05, 0.1) is 20.8 Å². The van der Waals surface area contributed by atoms with E-state index in [9.17, 15) is 14.9 Å². The summed E-state index contributed by atoms with van der Waals surface area (Å²) in [4.78, 5) is 25.5. The zero-order chi connectivity index (χ0) is 17.0. The fraction of sp³-hybridized carbons (Fsp3) is 0.0769. The van der Waals surface area contributed by atoms with Crippen LogP contribution in [0.1, 0.15) is 0 Å². The highest BCUT2D eigenvalue weighted by molar-refractivity contribution is 6.44. The van der Waals surface area contributed by atoms with Gasteiger partial charge in [-0.2, -0.15) is 0 Å². The normalized spacial score (nSPS) is 10.2. The topological polar surface area (TPSA) is 94.4 Å². The number of nitro groups is 1. The van der Waals surface area contributed by atoms with Crippen LogP contribution < -0.4 is 10.1 Å². The van der Waals surface area contributed by atoms with Crippen molar-refractivity contribution in [3.63, 3.8) is 0 Å². The van der Waals surface area contributed by atoms with Gasteiger partial charge in [0.15, 0.2) is 6.61 Å². The molecule has 0 atom stereocenters. The molecule has 0 fully saturated rings. The van der Waals surface area contributed by atoms with Crippen molar-refractivity contribution in [3.05, 3.63) is 55.6 Å². The largest absolute Gasteiger partial charge is 0.476 e. The first-order valence-electron chi connectivity index (χ1n) is 6.05. The lowest BCUT2D eigenvalue weighted by Crippen LogP contribution is -2.20. The number of rotatable bonds is 5. The van der Waals surface area contributed by atoms with Crippen molar-refractivity contribution >= 4 is 52.2 Å². The first-order chi connectivity index (χ1) is 10.9. The van der Waals surface area contributed by atoms with Crippen molar-refractivity contribution in [3.8, 4) is 5.75 Å². The zero-order valence-corrected chi connectivity index (χ0v) is 13.5. The van der Waals surface area contributed by atoms with Crippen LogP contribution in [0.2, 0.25) is 15.1 Å². The van der Waals surface area contributed by atoms with Crippen molar-refractivity contribution < 1.29 is 14.5 Å². The Morgan fingerprint density at radius 1 is 1.26 bits per heavy atom. The highest BCUT2D eigenvalue weighted by Gasteiger charge is 2.17. The third kappa shape index (κ3) is 4.44. The first-order valence-corrected chi connectivity index (χ1v) is 7.18. The Balaban J connectivity index is 2.04. The number of hydrogen-bond acceptors (Lipinski definition) is 5. The van der Waals surface area contributed by atoms with Crippen LogP contribution in [0, 0.1) is 10.1 Å². The van der Waals surface area contributed by atoms with Crippen molar-refractivity contribution in [2.24, 2.45) is 0 Å². The summed E-state index contributed by atoms with van der Waals surface area (Å²) in [5, 5.41) is 13.9. The predicted octanol–water partition coefficient (Wildman–Crippen LogP) is 3.97. The number of anilines is 1. The van der Waals surface area contributed by atoms with E-state index in [0.717, 1.165) is 0 Å². The van der Waals surface area contributed by atoms with Crippen LogP contribution >= 0.6 is 34.8 Å². The van der Waals surface area contributed by atoms with Gasteiger partial charge in [-0.05, 0) is 34.2 Å². The minimum Gasteiger partial charge on any atom is -0.476 e. The summed E-state index contributed by atoms with van der Waals surface area (Å²) in [6, 6.07) is 5.56. The third-order valence-corrected chi connectivity index (χ3v) is 3.60. The van der Waals surface area contributed by atoms with Crippen LogP contribution in [0.15, 0.2) is 30.5 Å². The van der Waals surface area contributed by atoms with Crippen LogP contribution in [0.5, 0.6) is 5.75 Å². The summed E-state index contributed by atoms with van der Waals surface area (Å²) in [5.41, 5.74) is 0.246. The molecule has 0 aliphatic rings. The molecule has 7 nitrogen and oxygen atoms in total. The number of halogens is 3. The van der Waals surface area contributed by atoms with Crippen LogP contribution in [0.25, 0.3) is 0 Å². The molecule has 0 spiro atoms. The molecule has 0 bridgehead atoms. The smallest absolute Gasteiger partial charge is 0.406 e. The molecule has 0 aliphatic heterocycles. The number of benzene rings is 1. The lowest BCUT2D eigenvalue weighted by Gasteiger charge is -2.09. The minimum atomic E-state index is -0.705. The van der Waals surface area contributed by atoms with E-state index in [1.807, 2.05) is 0 Å². The van der Waals surface area contributed by atoms with Gasteiger partial charge in [-0.3, -0.25) is 4.79 Å². The van der Waals surface area contributed by atoms with Crippen LogP contribution in [-0.2, 0) is 4.79 Å². The lowest BCUT2D eigenvalue weighted by atomic mass is 10.3. The molecule has 0 unspecified atom stereocenters. The molecule has 23 heavy (non-hydrogen) atoms. The molecule has 0 radical (unpaired) electrons. The van der Waals surface area contributed by atoms with E-state index in [4.69, 9.17) is 39.5 Å². The van der Waals surface area contributed by atoms with Gasteiger partial charge in [-0.25, -0.2) is 0 Å². The lowest BCUT2D eigenvalue weighted by molar-refractivity contribution is -0.390. The number of hydrogen-bond donors (Lipinski definition) is 1. The second-order valence-corrected chi connectivity index (χ2v) is 5.39. The Morgan fingerprint density at radius 3 is 2.65 bits per heavy atom. The maximum atomic E-state index is 11.9. The Morgan fingerprint density at radius 2 is 1.96 bits per heavy atom. The molecule has 120 valence electrons. The molecule has 1 N–H and O–H groups in total. The molecule has 0 saturated heterocycles. The molecule has 1 aromatic carbocycles. The highest BCUT2D eigenvalue weighted by Crippen LogP contribution is 2.32. The average Bonchev–Trinajstić information content (AvgIpc) is 2.50. The third-order valence-electron chi connectivity index (χ3n) is 2.57. The quantitative estimate of drug-likeness (QED) is 0.484. The Labute approximate surface area is 145 Å². The van der Waals surface area contributed by atoms with Crippen LogP contribution in [0.3, 0.4) is 0 Å². The number of pyridine rings is 1. The van der Waals surface area contributed by atoms with Gasteiger partial charge in [-0.15, -0.1) is 0 Å². The summed E-state index contributed by atoms with van der Waals surface area (Å²) in [5.74, 6) is -1.18. The molecular formula is C13H8Cl3N3O4. The Bertz CT molecular complexity index is 770. The van der Waals surface area contributed by atoms with E-state index in [-0.39, 0.29) is 26.5 Å². The zero-order valence-electron chi connectivity index (χ0n) is 11.3. The number of nitrogens with zero attached hydrogens (tertiary/aromatic N) is 2. The predicted molar refractivity (Wildman–Crippen MR) is 86.5 cm³/mol. The average molecular weight is 377 g/mol. The second-order valence-electron chi connectivity index (χ2n) is 4.17. The van der Waals surface area contributed by atoms with Crippen LogP contribution in [0.4, 0.5) is 11.5 Å². The van der Waals surface area contributed by atoms with E-state index in [1.54, 1.807) is 0 Å². The molecule has 0 saturated carbocycles. The summed E-state index contributed by atoms with van der Waals surface area (Å²) in [7, 11) is 0. The number of nitrogens with one attached hydrogen (secondary N) is 1. The van der Waals surface area contributed by atoms with E-state index in [0.29, 0.717) is 0 Å². The fourth-order valence-corrected chi connectivity index (χ4v) is 2.17. The second kappa shape index (κ2) is 7.45. The molecule has 1 aromatic heterocycles. The van der Waals surface area contributed by atoms with Crippen molar-refractivity contribution in [2.45, 2.75) is 0 Å². The molecular weight excluding hydrogens is 369 g/mol. The van der Waals surface area contributed by atoms with Crippen molar-refractivity contribution in [1.82, 2.24) is 4.98 Å². The first kappa shape index (κ1) is 17.3. The van der Waals surface area contributed by atoms with Gasteiger partial charge in [0.2, 0.25) is 5.75 Å². The number of carbonyl (C=O) groups is 1. The molecule has 1 amide bonds. The minimum absolute atomic E-state index is 0.118. The number of aromatic nitrogens is 1. The number of carbonyl (C=O) groups excluding carboxylic acids is 1. The van der Waals surface area contributed by atoms with Crippen molar-refractivity contribution in [1.29, 1.82) is 0 Å². The monoisotopic (exact) mass is 375 g/mol. The molecule has 0 aliphatic carbocycles. The highest BCUT2D eigenvalue weighted by atomic mass is 35.5. The standard InChI is InChI=1S/C13H8Cl3N3O4/c14-7-4-9(16)10(5-8(7)15)18-12(20)6-23-11-2-1-3-17-13(11)19(21)22/h1-5H,6H2,(H,18,20). The molecule has 1 heterocycles. The maximum Gasteiger partial charge on any atom is 0.406 e. The van der Waals surface area contributed by atoms with E-state index < -0.39 is 23.3 Å². The summed E-state index contributed by atoms with van der Waals surface area (Å²) in [6.07, 6.45) is 1.25. The van der Waals surface area contributed by atoms with Gasteiger partial charge >= 0.3 is 5.82 Å². The number of amides is 1. The van der Waals surface area contributed by atoms with Crippen molar-refractivity contribution in [2.75, 3.05) is 11.9 Å². The fourth-order valence-electron chi connectivity index (χ4n) is 1.58. The summed E-state index contributed by atoms with van der Waals surface area (Å²) in [6.45, 7) is -0.469. The van der Waals surface area contributed by atoms with E-state index in [1.165, 1.54) is 30.5 Å². The van der Waals surface area contributed by atoms with Gasteiger partial charge < -0.3 is 20.2 Å². The Kier molecular flexibility index (Phi) is 5.59. The summed E-state index contributed by atoms with van der Waals surface area (Å²) < 4.78 is 5.11. The van der Waals surface area contributed by atoms with Gasteiger partial charge in [0, 0.05) is 0 Å². The van der Waals surface area contributed by atoms with Gasteiger partial charge in [0.25, 0.3) is 5.91 Å². The summed E-state index contributed by atoms with van der Waals surface area (Å²) >= 11 is 17.6.